The molecule has 20 heavy (non-hydrogen) atoms. The lowest BCUT2D eigenvalue weighted by atomic mass is 10.1. The fourth-order valence-corrected chi connectivity index (χ4v) is 3.97. The second kappa shape index (κ2) is 5.56. The maximum absolute atomic E-state index is 13.2. The van der Waals surface area contributed by atoms with Gasteiger partial charge in [-0.2, -0.15) is 0 Å². The lowest BCUT2D eigenvalue weighted by Crippen LogP contribution is -1.98. The smallest absolute Gasteiger partial charge is 0.124 e. The fourth-order valence-electron chi connectivity index (χ4n) is 2.04. The fraction of sp³-hybridized carbons (Fsp3) is 0.0667. The Morgan fingerprint density at radius 1 is 1.05 bits per heavy atom. The van der Waals surface area contributed by atoms with Gasteiger partial charge in [0.15, 0.2) is 0 Å². The Bertz CT molecular complexity index is 785. The highest BCUT2D eigenvalue weighted by Crippen LogP contribution is 2.36. The minimum Gasteiger partial charge on any atom is -0.383 e. The minimum absolute atomic E-state index is 0.260. The Morgan fingerprint density at radius 2 is 1.85 bits per heavy atom. The molecule has 0 radical (unpaired) electrons. The summed E-state index contributed by atoms with van der Waals surface area (Å²) in [7, 11) is 0. The van der Waals surface area contributed by atoms with Crippen molar-refractivity contribution < 1.29 is 9.50 Å². The highest BCUT2D eigenvalue weighted by molar-refractivity contribution is 9.11. The van der Waals surface area contributed by atoms with Crippen LogP contribution in [-0.4, -0.2) is 5.11 Å². The van der Waals surface area contributed by atoms with Gasteiger partial charge in [0.2, 0.25) is 0 Å². The van der Waals surface area contributed by atoms with Gasteiger partial charge in [-0.1, -0.05) is 37.9 Å². The van der Waals surface area contributed by atoms with Gasteiger partial charge in [0, 0.05) is 24.1 Å². The molecule has 102 valence electrons. The van der Waals surface area contributed by atoms with E-state index >= 15 is 0 Å². The lowest BCUT2D eigenvalue weighted by Gasteiger charge is -2.11. The van der Waals surface area contributed by atoms with Crippen molar-refractivity contribution >= 4 is 53.3 Å². The molecular weight excluding hydrogens is 407 g/mol. The molecule has 1 atom stereocenters. The molecule has 0 aliphatic carbocycles. The molecule has 5 heteroatoms. The predicted octanol–water partition coefficient (Wildman–Crippen LogP) is 5.65. The average molecular weight is 416 g/mol. The van der Waals surface area contributed by atoms with Gasteiger partial charge in [-0.05, 0) is 41.8 Å². The molecule has 0 saturated carbocycles. The van der Waals surface area contributed by atoms with E-state index in [1.165, 1.54) is 23.5 Å². The zero-order valence-corrected chi connectivity index (χ0v) is 14.1. The molecule has 0 spiro atoms. The quantitative estimate of drug-likeness (QED) is 0.573. The van der Waals surface area contributed by atoms with Crippen LogP contribution in [0.3, 0.4) is 0 Å². The zero-order valence-electron chi connectivity index (χ0n) is 10.1. The van der Waals surface area contributed by atoms with Crippen molar-refractivity contribution in [3.05, 3.63) is 67.7 Å². The number of hydrogen-bond donors (Lipinski definition) is 1. The Morgan fingerprint density at radius 3 is 2.65 bits per heavy atom. The molecule has 1 nitrogen and oxygen atoms in total. The number of thiophene rings is 1. The topological polar surface area (TPSA) is 20.2 Å². The number of aliphatic hydroxyl groups excluding tert-OH is 1. The summed E-state index contributed by atoms with van der Waals surface area (Å²) < 4.78 is 15.8. The molecular formula is C15H9Br2FOS. The number of hydrogen-bond acceptors (Lipinski definition) is 2. The first kappa shape index (κ1) is 14.2. The molecule has 1 heterocycles. The first-order valence-electron chi connectivity index (χ1n) is 5.86. The lowest BCUT2D eigenvalue weighted by molar-refractivity contribution is 0.223. The summed E-state index contributed by atoms with van der Waals surface area (Å²) in [4.78, 5) is 0.796. The van der Waals surface area contributed by atoms with Crippen LogP contribution in [0.2, 0.25) is 0 Å². The largest absolute Gasteiger partial charge is 0.383 e. The highest BCUT2D eigenvalue weighted by atomic mass is 79.9. The third kappa shape index (κ3) is 2.68. The molecule has 1 aromatic heterocycles. The van der Waals surface area contributed by atoms with Crippen molar-refractivity contribution in [3.8, 4) is 0 Å². The SMILES string of the molecule is OC(c1cc2ccc(F)cc2s1)c1cc(Br)ccc1Br. The summed E-state index contributed by atoms with van der Waals surface area (Å²) in [6, 6.07) is 12.2. The summed E-state index contributed by atoms with van der Waals surface area (Å²) in [5.74, 6) is -0.260. The van der Waals surface area contributed by atoms with Gasteiger partial charge in [-0.15, -0.1) is 11.3 Å². The van der Waals surface area contributed by atoms with Crippen molar-refractivity contribution in [2.45, 2.75) is 6.10 Å². The molecule has 0 amide bonds. The third-order valence-electron chi connectivity index (χ3n) is 3.02. The van der Waals surface area contributed by atoms with Gasteiger partial charge in [-0.3, -0.25) is 0 Å². The summed E-state index contributed by atoms with van der Waals surface area (Å²) in [5, 5.41) is 11.5. The van der Waals surface area contributed by atoms with E-state index in [-0.39, 0.29) is 5.82 Å². The molecule has 3 aromatic rings. The minimum atomic E-state index is -0.734. The maximum Gasteiger partial charge on any atom is 0.124 e. The van der Waals surface area contributed by atoms with Gasteiger partial charge in [-0.25, -0.2) is 4.39 Å². The molecule has 0 fully saturated rings. The van der Waals surface area contributed by atoms with Crippen molar-refractivity contribution in [2.75, 3.05) is 0 Å². The average Bonchev–Trinajstić information content (AvgIpc) is 2.83. The third-order valence-corrected chi connectivity index (χ3v) is 5.39. The van der Waals surface area contributed by atoms with E-state index in [9.17, 15) is 9.50 Å². The Kier molecular flexibility index (Phi) is 3.95. The molecule has 2 aromatic carbocycles. The van der Waals surface area contributed by atoms with Crippen molar-refractivity contribution in [1.29, 1.82) is 0 Å². The van der Waals surface area contributed by atoms with Gasteiger partial charge in [0.25, 0.3) is 0 Å². The summed E-state index contributed by atoms with van der Waals surface area (Å²) in [6.45, 7) is 0. The predicted molar refractivity (Wildman–Crippen MR) is 87.7 cm³/mol. The normalized spacial score (nSPS) is 12.8. The van der Waals surface area contributed by atoms with E-state index in [0.29, 0.717) is 0 Å². The van der Waals surface area contributed by atoms with E-state index in [1.807, 2.05) is 24.3 Å². The van der Waals surface area contributed by atoms with Crippen molar-refractivity contribution in [3.63, 3.8) is 0 Å². The van der Waals surface area contributed by atoms with Crippen LogP contribution in [0, 0.1) is 5.82 Å². The Hall–Kier alpha value is -0.750. The summed E-state index contributed by atoms with van der Waals surface area (Å²) in [6.07, 6.45) is -0.734. The van der Waals surface area contributed by atoms with Crippen LogP contribution in [0.25, 0.3) is 10.1 Å². The number of benzene rings is 2. The van der Waals surface area contributed by atoms with Gasteiger partial charge in [0.05, 0.1) is 0 Å². The summed E-state index contributed by atoms with van der Waals surface area (Å²) in [5.41, 5.74) is 0.784. The Labute approximate surface area is 136 Å². The van der Waals surface area contributed by atoms with Crippen LogP contribution >= 0.6 is 43.2 Å². The van der Waals surface area contributed by atoms with E-state index in [2.05, 4.69) is 31.9 Å². The molecule has 0 aliphatic heterocycles. The van der Waals surface area contributed by atoms with Crippen LogP contribution in [0.15, 0.2) is 51.4 Å². The molecule has 0 bridgehead atoms. The standard InChI is InChI=1S/C15H9Br2FOS/c16-9-2-4-12(17)11(6-9)15(19)14-5-8-1-3-10(18)7-13(8)20-14/h1-7,15,19H. The molecule has 0 aliphatic rings. The van der Waals surface area contributed by atoms with Crippen LogP contribution in [-0.2, 0) is 0 Å². The number of rotatable bonds is 2. The summed E-state index contributed by atoms with van der Waals surface area (Å²) >= 11 is 8.25. The second-order valence-electron chi connectivity index (χ2n) is 4.40. The van der Waals surface area contributed by atoms with Crippen LogP contribution in [0.1, 0.15) is 16.5 Å². The number of aliphatic hydroxyl groups is 1. The molecule has 1 N–H and O–H groups in total. The van der Waals surface area contributed by atoms with Crippen molar-refractivity contribution in [1.82, 2.24) is 0 Å². The molecule has 1 unspecified atom stereocenters. The number of halogens is 3. The van der Waals surface area contributed by atoms with Crippen LogP contribution in [0.5, 0.6) is 0 Å². The van der Waals surface area contributed by atoms with E-state index in [1.54, 1.807) is 6.07 Å². The van der Waals surface area contributed by atoms with Gasteiger partial charge >= 0.3 is 0 Å². The monoisotopic (exact) mass is 414 g/mol. The second-order valence-corrected chi connectivity index (χ2v) is 7.28. The first-order valence-corrected chi connectivity index (χ1v) is 8.27. The van der Waals surface area contributed by atoms with E-state index in [4.69, 9.17) is 0 Å². The Balaban J connectivity index is 2.07. The maximum atomic E-state index is 13.2. The number of fused-ring (bicyclic) bond motifs is 1. The van der Waals surface area contributed by atoms with Crippen molar-refractivity contribution in [2.24, 2.45) is 0 Å². The van der Waals surface area contributed by atoms with Gasteiger partial charge < -0.3 is 5.11 Å². The van der Waals surface area contributed by atoms with E-state index in [0.717, 1.165) is 29.5 Å². The molecule has 3 rings (SSSR count). The van der Waals surface area contributed by atoms with E-state index < -0.39 is 6.10 Å². The van der Waals surface area contributed by atoms with Crippen LogP contribution < -0.4 is 0 Å². The van der Waals surface area contributed by atoms with Gasteiger partial charge in [0.1, 0.15) is 11.9 Å². The molecule has 0 saturated heterocycles. The first-order chi connectivity index (χ1) is 9.54. The zero-order chi connectivity index (χ0) is 14.3. The highest BCUT2D eigenvalue weighted by Gasteiger charge is 2.17. The van der Waals surface area contributed by atoms with Crippen LogP contribution in [0.4, 0.5) is 4.39 Å².